The highest BCUT2D eigenvalue weighted by molar-refractivity contribution is 5.57. The van der Waals surface area contributed by atoms with E-state index in [0.29, 0.717) is 17.5 Å². The number of nitrogens with zero attached hydrogens (tertiary/aromatic N) is 6. The van der Waals surface area contributed by atoms with Crippen LogP contribution in [0.3, 0.4) is 0 Å². The van der Waals surface area contributed by atoms with Gasteiger partial charge >= 0.3 is 0 Å². The molecule has 0 spiro atoms. The minimum absolute atomic E-state index is 0.155. The van der Waals surface area contributed by atoms with E-state index in [-0.39, 0.29) is 17.7 Å². The van der Waals surface area contributed by atoms with Gasteiger partial charge in [-0.2, -0.15) is 10.4 Å². The number of hydrogen-bond donors (Lipinski definition) is 1. The molecule has 1 fully saturated rings. The molecule has 5 rings (SSSR count). The van der Waals surface area contributed by atoms with Gasteiger partial charge in [-0.05, 0) is 36.5 Å². The molecule has 3 aromatic rings. The normalized spacial score (nSPS) is 18.5. The molecule has 8 heteroatoms. The summed E-state index contributed by atoms with van der Waals surface area (Å²) in [6.07, 6.45) is 5.59. The predicted molar refractivity (Wildman–Crippen MR) is 105 cm³/mol. The summed E-state index contributed by atoms with van der Waals surface area (Å²) in [6, 6.07) is 10.5. The van der Waals surface area contributed by atoms with E-state index >= 15 is 0 Å². The maximum atomic E-state index is 9.86. The molecule has 2 aliphatic rings. The van der Waals surface area contributed by atoms with Gasteiger partial charge in [-0.1, -0.05) is 31.2 Å². The topological polar surface area (TPSA) is 108 Å². The standard InChI is InChI=1S/C21H21N7O/c1-12(2)19-18-17(13-3-5-14(6-4-13)27-10-9-24-26-27)16(11-22)20(23)29-21(18)28(25-19)15-7-8-15/h3-6,9-10,12,15,17H,7-8,23H2,1-2H3. The van der Waals surface area contributed by atoms with Gasteiger partial charge in [0.25, 0.3) is 0 Å². The van der Waals surface area contributed by atoms with Crippen molar-refractivity contribution < 1.29 is 4.74 Å². The quantitative estimate of drug-likeness (QED) is 0.737. The van der Waals surface area contributed by atoms with Crippen LogP contribution in [0.1, 0.15) is 61.4 Å². The fourth-order valence-electron chi connectivity index (χ4n) is 3.88. The second-order valence-electron chi connectivity index (χ2n) is 7.80. The molecule has 2 N–H and O–H groups in total. The van der Waals surface area contributed by atoms with Crippen molar-refractivity contribution >= 4 is 0 Å². The molecule has 1 atom stereocenters. The van der Waals surface area contributed by atoms with Crippen LogP contribution < -0.4 is 10.5 Å². The van der Waals surface area contributed by atoms with E-state index < -0.39 is 0 Å². The average molecular weight is 387 g/mol. The Labute approximate surface area is 168 Å². The Morgan fingerprint density at radius 2 is 2.00 bits per heavy atom. The molecule has 0 radical (unpaired) electrons. The fraction of sp³-hybridized carbons (Fsp3) is 0.333. The van der Waals surface area contributed by atoms with E-state index in [9.17, 15) is 5.26 Å². The third-order valence-corrected chi connectivity index (χ3v) is 5.45. The van der Waals surface area contributed by atoms with Gasteiger partial charge in [-0.3, -0.25) is 0 Å². The molecule has 8 nitrogen and oxygen atoms in total. The Kier molecular flexibility index (Phi) is 3.91. The van der Waals surface area contributed by atoms with Crippen LogP contribution in [-0.2, 0) is 0 Å². The van der Waals surface area contributed by atoms with Crippen molar-refractivity contribution in [2.75, 3.05) is 0 Å². The van der Waals surface area contributed by atoms with Gasteiger partial charge < -0.3 is 10.5 Å². The van der Waals surface area contributed by atoms with Crippen molar-refractivity contribution in [1.29, 1.82) is 5.26 Å². The number of rotatable bonds is 4. The Hall–Kier alpha value is -3.60. The van der Waals surface area contributed by atoms with Crippen molar-refractivity contribution in [2.45, 2.75) is 44.6 Å². The number of allylic oxidation sites excluding steroid dienone is 1. The predicted octanol–water partition coefficient (Wildman–Crippen LogP) is 3.14. The van der Waals surface area contributed by atoms with E-state index in [1.54, 1.807) is 17.1 Å². The zero-order valence-electron chi connectivity index (χ0n) is 16.3. The van der Waals surface area contributed by atoms with Crippen molar-refractivity contribution in [1.82, 2.24) is 24.8 Å². The zero-order valence-corrected chi connectivity index (χ0v) is 16.3. The third kappa shape index (κ3) is 2.78. The number of nitriles is 1. The number of benzene rings is 1. The summed E-state index contributed by atoms with van der Waals surface area (Å²) >= 11 is 0. The van der Waals surface area contributed by atoms with Crippen LogP contribution in [0.15, 0.2) is 48.1 Å². The van der Waals surface area contributed by atoms with E-state index in [2.05, 4.69) is 30.2 Å². The maximum absolute atomic E-state index is 9.86. The summed E-state index contributed by atoms with van der Waals surface area (Å²) in [5.74, 6) is 0.725. The highest BCUT2D eigenvalue weighted by Crippen LogP contribution is 2.49. The number of aromatic nitrogens is 5. The van der Waals surface area contributed by atoms with Crippen molar-refractivity contribution in [3.8, 4) is 17.6 Å². The fourth-order valence-corrected chi connectivity index (χ4v) is 3.88. The minimum atomic E-state index is -0.307. The lowest BCUT2D eigenvalue weighted by Gasteiger charge is -2.25. The van der Waals surface area contributed by atoms with Crippen molar-refractivity contribution in [3.63, 3.8) is 0 Å². The highest BCUT2D eigenvalue weighted by atomic mass is 16.5. The van der Waals surface area contributed by atoms with Gasteiger partial charge in [-0.25, -0.2) is 9.36 Å². The second kappa shape index (κ2) is 6.48. The van der Waals surface area contributed by atoms with Gasteiger partial charge in [0.15, 0.2) is 0 Å². The van der Waals surface area contributed by atoms with Crippen LogP contribution in [0.5, 0.6) is 5.88 Å². The van der Waals surface area contributed by atoms with Crippen molar-refractivity contribution in [2.24, 2.45) is 5.73 Å². The van der Waals surface area contributed by atoms with Crippen LogP contribution in [0.25, 0.3) is 5.69 Å². The lowest BCUT2D eigenvalue weighted by molar-refractivity contribution is 0.347. The lowest BCUT2D eigenvalue weighted by Crippen LogP contribution is -2.22. The molecule has 29 heavy (non-hydrogen) atoms. The molecule has 1 aromatic carbocycles. The van der Waals surface area contributed by atoms with Crippen LogP contribution in [0, 0.1) is 11.3 Å². The Balaban J connectivity index is 1.67. The molecular formula is C21H21N7O. The smallest absolute Gasteiger partial charge is 0.224 e. The number of ether oxygens (including phenoxy) is 1. The van der Waals surface area contributed by atoms with Gasteiger partial charge in [-0.15, -0.1) is 5.10 Å². The summed E-state index contributed by atoms with van der Waals surface area (Å²) in [6.45, 7) is 4.22. The van der Waals surface area contributed by atoms with Crippen LogP contribution in [-0.4, -0.2) is 24.8 Å². The molecule has 0 saturated heterocycles. The summed E-state index contributed by atoms with van der Waals surface area (Å²) in [5.41, 5.74) is 10.4. The molecule has 0 amide bonds. The Bertz CT molecular complexity index is 1130. The van der Waals surface area contributed by atoms with E-state index in [1.165, 1.54) is 0 Å². The summed E-state index contributed by atoms with van der Waals surface area (Å²) in [7, 11) is 0. The molecule has 2 aromatic heterocycles. The van der Waals surface area contributed by atoms with Gasteiger partial charge in [0.05, 0.1) is 41.3 Å². The first kappa shape index (κ1) is 17.5. The lowest BCUT2D eigenvalue weighted by atomic mass is 9.82. The first-order chi connectivity index (χ1) is 14.1. The molecule has 1 aliphatic carbocycles. The minimum Gasteiger partial charge on any atom is -0.422 e. The van der Waals surface area contributed by atoms with E-state index in [0.717, 1.165) is 35.3 Å². The van der Waals surface area contributed by atoms with Gasteiger partial charge in [0.2, 0.25) is 11.8 Å². The third-order valence-electron chi connectivity index (χ3n) is 5.45. The molecular weight excluding hydrogens is 366 g/mol. The molecule has 0 bridgehead atoms. The van der Waals surface area contributed by atoms with Crippen molar-refractivity contribution in [3.05, 3.63) is 64.9 Å². The number of fused-ring (bicyclic) bond motifs is 1. The summed E-state index contributed by atoms with van der Waals surface area (Å²) in [5, 5.41) is 22.6. The average Bonchev–Trinajstić information content (AvgIpc) is 3.27. The Morgan fingerprint density at radius 1 is 1.24 bits per heavy atom. The SMILES string of the molecule is CC(C)c1nn(C2CC2)c2c1C(c1ccc(-n3ccnn3)cc1)C(C#N)=C(N)O2. The first-order valence-corrected chi connectivity index (χ1v) is 9.75. The van der Waals surface area contributed by atoms with Crippen LogP contribution in [0.4, 0.5) is 0 Å². The Morgan fingerprint density at radius 3 is 2.59 bits per heavy atom. The van der Waals surface area contributed by atoms with E-state index in [4.69, 9.17) is 15.6 Å². The highest BCUT2D eigenvalue weighted by Gasteiger charge is 2.40. The van der Waals surface area contributed by atoms with Gasteiger partial charge in [0, 0.05) is 0 Å². The maximum Gasteiger partial charge on any atom is 0.224 e. The van der Waals surface area contributed by atoms with Crippen LogP contribution in [0.2, 0.25) is 0 Å². The zero-order chi connectivity index (χ0) is 20.1. The summed E-state index contributed by atoms with van der Waals surface area (Å²) < 4.78 is 9.60. The largest absolute Gasteiger partial charge is 0.422 e. The summed E-state index contributed by atoms with van der Waals surface area (Å²) in [4.78, 5) is 0. The monoisotopic (exact) mass is 387 g/mol. The first-order valence-electron chi connectivity index (χ1n) is 9.75. The molecule has 3 heterocycles. The molecule has 1 aliphatic heterocycles. The number of nitrogens with two attached hydrogens (primary N) is 1. The number of hydrogen-bond acceptors (Lipinski definition) is 6. The molecule has 1 saturated carbocycles. The van der Waals surface area contributed by atoms with Gasteiger partial charge in [0.1, 0.15) is 11.6 Å². The second-order valence-corrected chi connectivity index (χ2v) is 7.80. The molecule has 1 unspecified atom stereocenters. The van der Waals surface area contributed by atoms with Crippen LogP contribution >= 0.6 is 0 Å². The molecule has 146 valence electrons. The van der Waals surface area contributed by atoms with E-state index in [1.807, 2.05) is 28.9 Å².